The van der Waals surface area contributed by atoms with Crippen molar-refractivity contribution in [2.75, 3.05) is 14.1 Å². The summed E-state index contributed by atoms with van der Waals surface area (Å²) in [5, 5.41) is 7.63. The van der Waals surface area contributed by atoms with Crippen LogP contribution in [-0.4, -0.2) is 40.6 Å². The largest absolute Gasteiger partial charge is 0.347 e. The molecule has 0 spiro atoms. The molecule has 1 aromatic carbocycles. The Hall–Kier alpha value is -2.63. The van der Waals surface area contributed by atoms with Crippen molar-refractivity contribution < 1.29 is 9.59 Å². The topological polar surface area (TPSA) is 67.2 Å². The number of nitrogens with one attached hydrogen (secondary N) is 1. The molecular weight excluding hydrogens is 304 g/mol. The quantitative estimate of drug-likeness (QED) is 0.931. The van der Waals surface area contributed by atoms with Crippen LogP contribution in [0.15, 0.2) is 36.5 Å². The van der Waals surface area contributed by atoms with Crippen LogP contribution in [0.2, 0.25) is 0 Å². The van der Waals surface area contributed by atoms with E-state index in [2.05, 4.69) is 10.4 Å². The average molecular weight is 326 g/mol. The van der Waals surface area contributed by atoms with E-state index >= 15 is 0 Å². The van der Waals surface area contributed by atoms with E-state index in [-0.39, 0.29) is 24.4 Å². The summed E-state index contributed by atoms with van der Waals surface area (Å²) in [6.07, 6.45) is 4.73. The third kappa shape index (κ3) is 3.48. The number of aromatic nitrogens is 2. The van der Waals surface area contributed by atoms with Crippen LogP contribution in [0.1, 0.15) is 40.5 Å². The molecule has 24 heavy (non-hydrogen) atoms. The first-order chi connectivity index (χ1) is 11.5. The van der Waals surface area contributed by atoms with Gasteiger partial charge < -0.3 is 10.2 Å². The van der Waals surface area contributed by atoms with Crippen LogP contribution in [0.5, 0.6) is 0 Å². The fourth-order valence-electron chi connectivity index (χ4n) is 2.93. The fraction of sp³-hybridized carbons (Fsp3) is 0.389. The smallest absolute Gasteiger partial charge is 0.251 e. The Morgan fingerprint density at radius 3 is 2.75 bits per heavy atom. The SMILES string of the molecule is CN(C)C(=O)Cn1cc2c(n1)[C@H](NC(=O)c1ccccc1)CCC2. The maximum Gasteiger partial charge on any atom is 0.251 e. The summed E-state index contributed by atoms with van der Waals surface area (Å²) in [5.41, 5.74) is 2.65. The molecule has 1 heterocycles. The van der Waals surface area contributed by atoms with Crippen LogP contribution >= 0.6 is 0 Å². The lowest BCUT2D eigenvalue weighted by molar-refractivity contribution is -0.129. The molecule has 0 unspecified atom stereocenters. The van der Waals surface area contributed by atoms with Crippen molar-refractivity contribution in [1.29, 1.82) is 0 Å². The molecule has 0 aliphatic heterocycles. The zero-order valence-electron chi connectivity index (χ0n) is 14.0. The van der Waals surface area contributed by atoms with Crippen LogP contribution in [0, 0.1) is 0 Å². The zero-order chi connectivity index (χ0) is 17.1. The first-order valence-corrected chi connectivity index (χ1v) is 8.17. The summed E-state index contributed by atoms with van der Waals surface area (Å²) in [6, 6.07) is 9.09. The molecule has 1 aliphatic rings. The van der Waals surface area contributed by atoms with Gasteiger partial charge in [-0.2, -0.15) is 5.10 Å². The van der Waals surface area contributed by atoms with Crippen molar-refractivity contribution in [3.05, 3.63) is 53.3 Å². The van der Waals surface area contributed by atoms with E-state index in [1.165, 1.54) is 0 Å². The molecule has 0 fully saturated rings. The van der Waals surface area contributed by atoms with Gasteiger partial charge >= 0.3 is 0 Å². The molecule has 0 radical (unpaired) electrons. The number of benzene rings is 1. The van der Waals surface area contributed by atoms with Crippen molar-refractivity contribution in [1.82, 2.24) is 20.0 Å². The van der Waals surface area contributed by atoms with E-state index < -0.39 is 0 Å². The molecule has 3 rings (SSSR count). The number of amides is 2. The van der Waals surface area contributed by atoms with Gasteiger partial charge in [0.1, 0.15) is 6.54 Å². The minimum absolute atomic E-state index is 0.000261. The van der Waals surface area contributed by atoms with Crippen molar-refractivity contribution in [3.8, 4) is 0 Å². The highest BCUT2D eigenvalue weighted by atomic mass is 16.2. The molecule has 126 valence electrons. The van der Waals surface area contributed by atoms with E-state index in [0.717, 1.165) is 30.5 Å². The number of aryl methyl sites for hydroxylation is 1. The third-order valence-electron chi connectivity index (χ3n) is 4.28. The van der Waals surface area contributed by atoms with Crippen LogP contribution in [0.4, 0.5) is 0 Å². The molecule has 2 aromatic rings. The maximum absolute atomic E-state index is 12.4. The van der Waals surface area contributed by atoms with E-state index in [4.69, 9.17) is 0 Å². The van der Waals surface area contributed by atoms with Gasteiger partial charge in [0.2, 0.25) is 5.91 Å². The first kappa shape index (κ1) is 16.2. The monoisotopic (exact) mass is 326 g/mol. The molecule has 0 saturated carbocycles. The summed E-state index contributed by atoms with van der Waals surface area (Å²) in [6.45, 7) is 0.222. The number of nitrogens with zero attached hydrogens (tertiary/aromatic N) is 3. The summed E-state index contributed by atoms with van der Waals surface area (Å²) in [4.78, 5) is 25.8. The van der Waals surface area contributed by atoms with Crippen LogP contribution < -0.4 is 5.32 Å². The highest BCUT2D eigenvalue weighted by molar-refractivity contribution is 5.94. The lowest BCUT2D eigenvalue weighted by atomic mass is 9.93. The fourth-order valence-corrected chi connectivity index (χ4v) is 2.93. The zero-order valence-corrected chi connectivity index (χ0v) is 14.0. The summed E-state index contributed by atoms with van der Waals surface area (Å²) < 4.78 is 1.68. The first-order valence-electron chi connectivity index (χ1n) is 8.17. The number of fused-ring (bicyclic) bond motifs is 1. The molecule has 1 aliphatic carbocycles. The summed E-state index contributed by atoms with van der Waals surface area (Å²) >= 11 is 0. The normalized spacial score (nSPS) is 16.3. The van der Waals surface area contributed by atoms with Crippen molar-refractivity contribution in [3.63, 3.8) is 0 Å². The highest BCUT2D eigenvalue weighted by Crippen LogP contribution is 2.28. The number of carbonyl (C=O) groups is 2. The van der Waals surface area contributed by atoms with Gasteiger partial charge in [-0.1, -0.05) is 18.2 Å². The van der Waals surface area contributed by atoms with Crippen molar-refractivity contribution >= 4 is 11.8 Å². The van der Waals surface area contributed by atoms with Crippen molar-refractivity contribution in [2.24, 2.45) is 0 Å². The molecule has 1 aromatic heterocycles. The van der Waals surface area contributed by atoms with E-state index in [0.29, 0.717) is 5.56 Å². The van der Waals surface area contributed by atoms with Gasteiger partial charge in [-0.3, -0.25) is 14.3 Å². The Labute approximate surface area is 141 Å². The molecule has 6 heteroatoms. The van der Waals surface area contributed by atoms with Gasteiger partial charge in [0.25, 0.3) is 5.91 Å². The Kier molecular flexibility index (Phi) is 4.64. The predicted molar refractivity (Wildman–Crippen MR) is 90.5 cm³/mol. The van der Waals surface area contributed by atoms with Crippen LogP contribution in [0.25, 0.3) is 0 Å². The molecule has 0 bridgehead atoms. The Balaban J connectivity index is 1.75. The standard InChI is InChI=1S/C18H22N4O2/c1-21(2)16(23)12-22-11-14-9-6-10-15(17(14)20-22)19-18(24)13-7-4-3-5-8-13/h3-5,7-8,11,15H,6,9-10,12H2,1-2H3,(H,19,24)/t15-/m1/s1. The minimum Gasteiger partial charge on any atom is -0.347 e. The average Bonchev–Trinajstić information content (AvgIpc) is 2.99. The highest BCUT2D eigenvalue weighted by Gasteiger charge is 2.26. The maximum atomic E-state index is 12.4. The van der Waals surface area contributed by atoms with Gasteiger partial charge in [0.15, 0.2) is 0 Å². The number of rotatable bonds is 4. The number of hydrogen-bond acceptors (Lipinski definition) is 3. The number of hydrogen-bond donors (Lipinski definition) is 1. The van der Waals surface area contributed by atoms with Gasteiger partial charge in [-0.05, 0) is 37.0 Å². The lowest BCUT2D eigenvalue weighted by Gasteiger charge is -2.22. The van der Waals surface area contributed by atoms with Crippen LogP contribution in [0.3, 0.4) is 0 Å². The van der Waals surface area contributed by atoms with Gasteiger partial charge in [0, 0.05) is 25.9 Å². The molecule has 1 atom stereocenters. The van der Waals surface area contributed by atoms with Gasteiger partial charge in [0.05, 0.1) is 11.7 Å². The lowest BCUT2D eigenvalue weighted by Crippen LogP contribution is -2.31. The summed E-state index contributed by atoms with van der Waals surface area (Å²) in [7, 11) is 3.46. The van der Waals surface area contributed by atoms with Crippen LogP contribution in [-0.2, 0) is 17.8 Å². The Bertz CT molecular complexity index is 737. The van der Waals surface area contributed by atoms with Crippen molar-refractivity contribution in [2.45, 2.75) is 31.8 Å². The van der Waals surface area contributed by atoms with E-state index in [1.54, 1.807) is 35.8 Å². The second-order valence-corrected chi connectivity index (χ2v) is 6.31. The molecule has 2 amide bonds. The van der Waals surface area contributed by atoms with E-state index in [1.807, 2.05) is 24.4 Å². The van der Waals surface area contributed by atoms with Gasteiger partial charge in [-0.15, -0.1) is 0 Å². The number of carbonyl (C=O) groups excluding carboxylic acids is 2. The van der Waals surface area contributed by atoms with Gasteiger partial charge in [-0.25, -0.2) is 0 Å². The number of likely N-dealkylation sites (N-methyl/N-ethyl adjacent to an activating group) is 1. The molecular formula is C18H22N4O2. The molecule has 6 nitrogen and oxygen atoms in total. The molecule has 0 saturated heterocycles. The second kappa shape index (κ2) is 6.86. The molecule has 1 N–H and O–H groups in total. The third-order valence-corrected chi connectivity index (χ3v) is 4.28. The van der Waals surface area contributed by atoms with E-state index in [9.17, 15) is 9.59 Å². The minimum atomic E-state index is -0.0998. The Morgan fingerprint density at radius 2 is 2.04 bits per heavy atom. The summed E-state index contributed by atoms with van der Waals surface area (Å²) in [5.74, 6) is -0.0907. The second-order valence-electron chi connectivity index (χ2n) is 6.31. The predicted octanol–water partition coefficient (Wildman–Crippen LogP) is 1.78. The Morgan fingerprint density at radius 1 is 1.29 bits per heavy atom.